The number of ether oxygens (including phenoxy) is 2. The maximum atomic E-state index is 14.4. The molecular weight excluding hydrogens is 577 g/mol. The third-order valence-electron chi connectivity index (χ3n) is 8.87. The molecule has 0 saturated carbocycles. The summed E-state index contributed by atoms with van der Waals surface area (Å²) in [5, 5.41) is 11.3. The number of ketones is 1. The summed E-state index contributed by atoms with van der Waals surface area (Å²) in [7, 11) is -4.87. The van der Waals surface area contributed by atoms with Crippen molar-refractivity contribution in [2.45, 2.75) is 110 Å². The molecule has 240 valence electrons. The lowest BCUT2D eigenvalue weighted by molar-refractivity contribution is -0.145. The van der Waals surface area contributed by atoms with Crippen molar-refractivity contribution in [1.29, 1.82) is 0 Å². The van der Waals surface area contributed by atoms with E-state index in [-0.39, 0.29) is 23.3 Å². The first-order valence-corrected chi connectivity index (χ1v) is 21.0. The standard InChI is InChI=1S/C34H54O7Si2/c1-25(22-38-23-26-18-14-12-15-19-26)29(35)31(41-43(10,11)34(5,6)7)30(36)28(24-39-42(8,9)33(2,3)4)40-32(37)27-20-16-13-17-21-27/h12-21,25,28-29,31,35H,22-24H2,1-11H3/t25-,28-,29+,31+/m0/s1. The second-order valence-electron chi connectivity index (χ2n) is 14.5. The van der Waals surface area contributed by atoms with Crippen molar-refractivity contribution in [3.8, 4) is 0 Å². The van der Waals surface area contributed by atoms with Gasteiger partial charge in [-0.2, -0.15) is 0 Å². The van der Waals surface area contributed by atoms with Gasteiger partial charge in [0, 0.05) is 5.92 Å². The summed E-state index contributed by atoms with van der Waals surface area (Å²) in [6.45, 7) is 23.1. The fourth-order valence-corrected chi connectivity index (χ4v) is 6.00. The number of rotatable bonds is 15. The van der Waals surface area contributed by atoms with Crippen molar-refractivity contribution in [3.63, 3.8) is 0 Å². The number of Topliss-reactive ketones (excluding diaryl/α,β-unsaturated/α-hetero) is 1. The van der Waals surface area contributed by atoms with Crippen molar-refractivity contribution in [1.82, 2.24) is 0 Å². The van der Waals surface area contributed by atoms with Crippen LogP contribution in [-0.4, -0.2) is 65.0 Å². The van der Waals surface area contributed by atoms with Crippen LogP contribution in [0.2, 0.25) is 36.3 Å². The van der Waals surface area contributed by atoms with E-state index in [1.165, 1.54) is 0 Å². The van der Waals surface area contributed by atoms with E-state index in [1.54, 1.807) is 30.3 Å². The van der Waals surface area contributed by atoms with Gasteiger partial charge < -0.3 is 23.4 Å². The van der Waals surface area contributed by atoms with Gasteiger partial charge in [0.15, 0.2) is 22.7 Å². The van der Waals surface area contributed by atoms with Crippen LogP contribution < -0.4 is 0 Å². The topological polar surface area (TPSA) is 91.3 Å². The van der Waals surface area contributed by atoms with Crippen LogP contribution in [-0.2, 0) is 29.7 Å². The molecule has 0 spiro atoms. The van der Waals surface area contributed by atoms with Gasteiger partial charge in [0.1, 0.15) is 6.10 Å². The minimum atomic E-state index is -2.56. The van der Waals surface area contributed by atoms with E-state index in [2.05, 4.69) is 54.6 Å². The monoisotopic (exact) mass is 630 g/mol. The van der Waals surface area contributed by atoms with Gasteiger partial charge in [0.2, 0.25) is 5.78 Å². The van der Waals surface area contributed by atoms with E-state index in [0.717, 1.165) is 5.56 Å². The van der Waals surface area contributed by atoms with Crippen LogP contribution in [0, 0.1) is 5.92 Å². The molecule has 1 N–H and O–H groups in total. The lowest BCUT2D eigenvalue weighted by atomic mass is 9.95. The molecule has 0 bridgehead atoms. The zero-order valence-electron chi connectivity index (χ0n) is 28.1. The highest BCUT2D eigenvalue weighted by atomic mass is 28.4. The van der Waals surface area contributed by atoms with E-state index in [9.17, 15) is 14.7 Å². The predicted molar refractivity (Wildman–Crippen MR) is 177 cm³/mol. The van der Waals surface area contributed by atoms with Gasteiger partial charge in [-0.1, -0.05) is 97.0 Å². The number of carbonyl (C=O) groups excluding carboxylic acids is 2. The summed E-state index contributed by atoms with van der Waals surface area (Å²) in [6.07, 6.45) is -3.68. The van der Waals surface area contributed by atoms with E-state index in [4.69, 9.17) is 18.3 Å². The molecule has 2 rings (SSSR count). The van der Waals surface area contributed by atoms with Gasteiger partial charge in [-0.15, -0.1) is 0 Å². The lowest BCUT2D eigenvalue weighted by Crippen LogP contribution is -2.55. The van der Waals surface area contributed by atoms with E-state index in [0.29, 0.717) is 12.2 Å². The molecule has 0 fully saturated rings. The maximum absolute atomic E-state index is 14.4. The Kier molecular flexibility index (Phi) is 13.1. The Morgan fingerprint density at radius 3 is 1.81 bits per heavy atom. The molecule has 4 atom stereocenters. The zero-order chi connectivity index (χ0) is 32.6. The van der Waals surface area contributed by atoms with Gasteiger partial charge >= 0.3 is 5.97 Å². The zero-order valence-corrected chi connectivity index (χ0v) is 30.1. The van der Waals surface area contributed by atoms with E-state index >= 15 is 0 Å². The van der Waals surface area contributed by atoms with Crippen molar-refractivity contribution in [3.05, 3.63) is 71.8 Å². The van der Waals surface area contributed by atoms with Gasteiger partial charge in [0.05, 0.1) is 31.5 Å². The minimum absolute atomic E-state index is 0.114. The highest BCUT2D eigenvalue weighted by Gasteiger charge is 2.47. The number of benzene rings is 2. The molecule has 2 aromatic carbocycles. The average molecular weight is 631 g/mol. The molecule has 7 nitrogen and oxygen atoms in total. The number of aliphatic hydroxyl groups excluding tert-OH is 1. The van der Waals surface area contributed by atoms with Gasteiger partial charge in [0.25, 0.3) is 0 Å². The summed E-state index contributed by atoms with van der Waals surface area (Å²) in [6, 6.07) is 18.4. The number of esters is 1. The highest BCUT2D eigenvalue weighted by molar-refractivity contribution is 6.74. The van der Waals surface area contributed by atoms with Crippen LogP contribution in [0.25, 0.3) is 0 Å². The average Bonchev–Trinajstić information content (AvgIpc) is 2.92. The molecule has 0 aliphatic carbocycles. The SMILES string of the molecule is C[C@@H](COCc1ccccc1)[C@@H](O)[C@@H](O[Si](C)(C)C(C)(C)C)C(=O)[C@H](CO[Si](C)(C)C(C)(C)C)OC(=O)c1ccccc1. The molecule has 0 saturated heterocycles. The Hall–Kier alpha value is -2.15. The lowest BCUT2D eigenvalue weighted by Gasteiger charge is -2.42. The molecule has 0 unspecified atom stereocenters. The second-order valence-corrected chi connectivity index (χ2v) is 24.1. The van der Waals surface area contributed by atoms with E-state index < -0.39 is 52.6 Å². The smallest absolute Gasteiger partial charge is 0.338 e. The molecule has 0 aliphatic rings. The fraction of sp³-hybridized carbons (Fsp3) is 0.588. The maximum Gasteiger partial charge on any atom is 0.338 e. The largest absolute Gasteiger partial charge is 0.448 e. The van der Waals surface area contributed by atoms with Gasteiger partial charge in [-0.25, -0.2) is 4.79 Å². The molecule has 0 amide bonds. The van der Waals surface area contributed by atoms with Crippen molar-refractivity contribution >= 4 is 28.4 Å². The first-order chi connectivity index (χ1) is 19.8. The predicted octanol–water partition coefficient (Wildman–Crippen LogP) is 7.41. The molecule has 0 aliphatic heterocycles. The van der Waals surface area contributed by atoms with Crippen molar-refractivity contribution in [2.24, 2.45) is 5.92 Å². The fourth-order valence-electron chi connectivity index (χ4n) is 3.75. The Labute approximate surface area is 261 Å². The van der Waals surface area contributed by atoms with Crippen LogP contribution in [0.1, 0.15) is 64.4 Å². The molecule has 2 aromatic rings. The Balaban J connectivity index is 2.39. The summed E-state index contributed by atoms with van der Waals surface area (Å²) in [5.74, 6) is -1.57. The van der Waals surface area contributed by atoms with Crippen LogP contribution in [0.5, 0.6) is 0 Å². The van der Waals surface area contributed by atoms with Gasteiger partial charge in [-0.05, 0) is 54.0 Å². The first-order valence-electron chi connectivity index (χ1n) is 15.2. The number of hydrogen-bond donors (Lipinski definition) is 1. The minimum Gasteiger partial charge on any atom is -0.448 e. The number of hydrogen-bond acceptors (Lipinski definition) is 7. The summed E-state index contributed by atoms with van der Waals surface area (Å²) >= 11 is 0. The molecule has 9 heteroatoms. The summed E-state index contributed by atoms with van der Waals surface area (Å²) in [4.78, 5) is 27.6. The molecule has 0 aromatic heterocycles. The van der Waals surface area contributed by atoms with Crippen LogP contribution >= 0.6 is 0 Å². The van der Waals surface area contributed by atoms with Crippen molar-refractivity contribution in [2.75, 3.05) is 13.2 Å². The quantitative estimate of drug-likeness (QED) is 0.162. The normalized spacial score (nSPS) is 15.8. The Bertz CT molecular complexity index is 1150. The first kappa shape index (κ1) is 37.0. The van der Waals surface area contributed by atoms with Crippen LogP contribution in [0.15, 0.2) is 60.7 Å². The summed E-state index contributed by atoms with van der Waals surface area (Å²) in [5.41, 5.74) is 1.35. The Morgan fingerprint density at radius 1 is 0.791 bits per heavy atom. The second kappa shape index (κ2) is 15.2. The van der Waals surface area contributed by atoms with Crippen LogP contribution in [0.4, 0.5) is 0 Å². The van der Waals surface area contributed by atoms with Crippen LogP contribution in [0.3, 0.4) is 0 Å². The third kappa shape index (κ3) is 10.8. The molecule has 0 radical (unpaired) electrons. The number of aliphatic hydroxyl groups is 1. The Morgan fingerprint density at radius 2 is 1.30 bits per heavy atom. The molecule has 0 heterocycles. The highest BCUT2D eigenvalue weighted by Crippen LogP contribution is 2.39. The molecule has 43 heavy (non-hydrogen) atoms. The van der Waals surface area contributed by atoms with Gasteiger partial charge in [-0.3, -0.25) is 4.79 Å². The molecular formula is C34H54O7Si2. The number of carbonyl (C=O) groups is 2. The summed E-state index contributed by atoms with van der Waals surface area (Å²) < 4.78 is 24.8. The van der Waals surface area contributed by atoms with Crippen molar-refractivity contribution < 1.29 is 33.0 Å². The van der Waals surface area contributed by atoms with E-state index in [1.807, 2.05) is 50.3 Å². The third-order valence-corrected chi connectivity index (χ3v) is 17.8.